The summed E-state index contributed by atoms with van der Waals surface area (Å²) in [5.41, 5.74) is 2.24. The molecule has 3 heterocycles. The second-order valence-electron chi connectivity index (χ2n) is 7.11. The number of nitrogens with zero attached hydrogens (tertiary/aromatic N) is 3. The smallest absolute Gasteiger partial charge is 0.263 e. The fourth-order valence-corrected chi connectivity index (χ4v) is 2.90. The summed E-state index contributed by atoms with van der Waals surface area (Å²) in [5.74, 6) is 0.433. The molecule has 1 aromatic carbocycles. The maximum atomic E-state index is 12.3. The Morgan fingerprint density at radius 2 is 2.00 bits per heavy atom. The fraction of sp³-hybridized carbons (Fsp3) is 0.278. The molecule has 0 amide bonds. The Morgan fingerprint density at radius 1 is 1.20 bits per heavy atom. The van der Waals surface area contributed by atoms with Crippen molar-refractivity contribution in [2.24, 2.45) is 0 Å². The van der Waals surface area contributed by atoms with Gasteiger partial charge < -0.3 is 10.3 Å². The van der Waals surface area contributed by atoms with Gasteiger partial charge in [-0.1, -0.05) is 18.2 Å². The van der Waals surface area contributed by atoms with Gasteiger partial charge in [-0.05, 0) is 38.3 Å². The van der Waals surface area contributed by atoms with Gasteiger partial charge in [0.1, 0.15) is 5.39 Å². The monoisotopic (exact) mass is 336 g/mol. The lowest BCUT2D eigenvalue weighted by molar-refractivity contribution is 0.366. The highest BCUT2D eigenvalue weighted by atomic mass is 16.1. The molecule has 25 heavy (non-hydrogen) atoms. The zero-order valence-corrected chi connectivity index (χ0v) is 14.4. The van der Waals surface area contributed by atoms with Crippen molar-refractivity contribution in [2.45, 2.75) is 32.9 Å². The molecule has 0 radical (unpaired) electrons. The van der Waals surface area contributed by atoms with Gasteiger partial charge in [0.15, 0.2) is 5.65 Å². The summed E-state index contributed by atoms with van der Waals surface area (Å²) in [4.78, 5) is 23.0. The van der Waals surface area contributed by atoms with Gasteiger partial charge in [-0.25, -0.2) is 4.68 Å². The number of nitrogens with one attached hydrogen (secondary N) is 3. The van der Waals surface area contributed by atoms with Crippen molar-refractivity contribution in [3.8, 4) is 0 Å². The molecular weight excluding hydrogens is 316 g/mol. The molecule has 4 rings (SSSR count). The maximum absolute atomic E-state index is 12.3. The minimum Gasteiger partial charge on any atom is -0.357 e. The predicted octanol–water partition coefficient (Wildman–Crippen LogP) is 2.97. The van der Waals surface area contributed by atoms with Crippen molar-refractivity contribution in [1.82, 2.24) is 24.7 Å². The molecule has 3 aromatic heterocycles. The van der Waals surface area contributed by atoms with Crippen molar-refractivity contribution in [3.63, 3.8) is 0 Å². The lowest BCUT2D eigenvalue weighted by Crippen LogP contribution is -2.24. The van der Waals surface area contributed by atoms with Crippen LogP contribution in [0, 0.1) is 0 Å². The first-order valence-corrected chi connectivity index (χ1v) is 8.21. The summed E-state index contributed by atoms with van der Waals surface area (Å²) < 4.78 is 1.77. The maximum Gasteiger partial charge on any atom is 0.263 e. The number of hydrogen-bond donors (Lipinski definition) is 3. The molecule has 0 saturated heterocycles. The number of aromatic amines is 2. The minimum atomic E-state index is -0.253. The van der Waals surface area contributed by atoms with Crippen LogP contribution in [0.15, 0.2) is 41.3 Å². The van der Waals surface area contributed by atoms with Gasteiger partial charge in [0.05, 0.1) is 18.3 Å². The lowest BCUT2D eigenvalue weighted by atomic mass is 10.1. The Hall–Kier alpha value is -3.09. The van der Waals surface area contributed by atoms with Crippen LogP contribution in [0.4, 0.5) is 5.95 Å². The van der Waals surface area contributed by atoms with E-state index in [4.69, 9.17) is 0 Å². The topological polar surface area (TPSA) is 91.4 Å². The summed E-state index contributed by atoms with van der Waals surface area (Å²) >= 11 is 0. The van der Waals surface area contributed by atoms with Gasteiger partial charge in [0.25, 0.3) is 5.56 Å². The van der Waals surface area contributed by atoms with Crippen LogP contribution in [0.1, 0.15) is 26.5 Å². The molecule has 0 aliphatic carbocycles. The summed E-state index contributed by atoms with van der Waals surface area (Å²) in [6.07, 6.45) is 1.56. The van der Waals surface area contributed by atoms with Crippen molar-refractivity contribution in [3.05, 3.63) is 52.6 Å². The van der Waals surface area contributed by atoms with Crippen molar-refractivity contribution < 1.29 is 0 Å². The van der Waals surface area contributed by atoms with Crippen LogP contribution >= 0.6 is 0 Å². The molecule has 7 nitrogen and oxygen atoms in total. The summed E-state index contributed by atoms with van der Waals surface area (Å²) in [5, 5.41) is 9.15. The van der Waals surface area contributed by atoms with E-state index < -0.39 is 0 Å². The molecule has 0 fully saturated rings. The van der Waals surface area contributed by atoms with E-state index in [9.17, 15) is 4.79 Å². The van der Waals surface area contributed by atoms with E-state index in [0.29, 0.717) is 23.5 Å². The third-order valence-corrected chi connectivity index (χ3v) is 4.11. The predicted molar refractivity (Wildman–Crippen MR) is 98.8 cm³/mol. The third kappa shape index (κ3) is 2.77. The van der Waals surface area contributed by atoms with Crippen LogP contribution < -0.4 is 10.9 Å². The number of benzene rings is 1. The highest BCUT2D eigenvalue weighted by Gasteiger charge is 2.19. The Labute approximate surface area is 144 Å². The number of aromatic nitrogens is 5. The van der Waals surface area contributed by atoms with E-state index in [1.54, 1.807) is 10.9 Å². The zero-order valence-electron chi connectivity index (χ0n) is 14.4. The molecule has 3 N–H and O–H groups in total. The summed E-state index contributed by atoms with van der Waals surface area (Å²) in [6, 6.07) is 10.2. The molecule has 0 saturated carbocycles. The normalized spacial score (nSPS) is 12.1. The number of H-pyrrole nitrogens is 2. The lowest BCUT2D eigenvalue weighted by Gasteiger charge is -2.19. The average Bonchev–Trinajstić information content (AvgIpc) is 3.16. The largest absolute Gasteiger partial charge is 0.357 e. The number of para-hydroxylation sites is 1. The van der Waals surface area contributed by atoms with E-state index in [0.717, 1.165) is 16.6 Å². The average molecular weight is 336 g/mol. The van der Waals surface area contributed by atoms with Gasteiger partial charge in [0.2, 0.25) is 5.95 Å². The van der Waals surface area contributed by atoms with Gasteiger partial charge in [-0.15, -0.1) is 0 Å². The van der Waals surface area contributed by atoms with Crippen LogP contribution in [0.25, 0.3) is 21.9 Å². The van der Waals surface area contributed by atoms with Gasteiger partial charge in [0, 0.05) is 11.2 Å². The first-order chi connectivity index (χ1) is 11.9. The van der Waals surface area contributed by atoms with E-state index in [-0.39, 0.29) is 11.1 Å². The quantitative estimate of drug-likeness (QED) is 0.536. The summed E-state index contributed by atoms with van der Waals surface area (Å²) in [6.45, 7) is 6.62. The van der Waals surface area contributed by atoms with Crippen molar-refractivity contribution in [1.29, 1.82) is 0 Å². The molecule has 128 valence electrons. The standard InChI is InChI=1S/C18H20N6O/c1-18(2,3)24-15-13(10-20-24)16(25)23-17(22-15)19-9-12-8-11-6-4-5-7-14(11)21-12/h4-8,10,21H,9H2,1-3H3,(H2,19,22,23,25). The third-order valence-electron chi connectivity index (χ3n) is 4.11. The van der Waals surface area contributed by atoms with Crippen LogP contribution in [-0.2, 0) is 12.1 Å². The second kappa shape index (κ2) is 5.47. The molecule has 7 heteroatoms. The highest BCUT2D eigenvalue weighted by Crippen LogP contribution is 2.19. The number of rotatable bonds is 3. The fourth-order valence-electron chi connectivity index (χ4n) is 2.90. The van der Waals surface area contributed by atoms with E-state index in [1.165, 1.54) is 0 Å². The van der Waals surface area contributed by atoms with Gasteiger partial charge >= 0.3 is 0 Å². The number of anilines is 1. The SMILES string of the molecule is CC(C)(C)n1ncc2c(=O)[nH]c(NCc3cc4ccccc4[nH]3)nc21. The summed E-state index contributed by atoms with van der Waals surface area (Å²) in [7, 11) is 0. The Morgan fingerprint density at radius 3 is 2.76 bits per heavy atom. The van der Waals surface area contributed by atoms with Crippen LogP contribution in [0.2, 0.25) is 0 Å². The van der Waals surface area contributed by atoms with E-state index in [1.807, 2.05) is 39.0 Å². The molecule has 0 aliphatic rings. The molecule has 0 atom stereocenters. The highest BCUT2D eigenvalue weighted by molar-refractivity contribution is 5.80. The van der Waals surface area contributed by atoms with Gasteiger partial charge in [-0.3, -0.25) is 9.78 Å². The van der Waals surface area contributed by atoms with E-state index >= 15 is 0 Å². The van der Waals surface area contributed by atoms with Crippen LogP contribution in [-0.4, -0.2) is 24.7 Å². The molecule has 0 unspecified atom stereocenters. The number of fused-ring (bicyclic) bond motifs is 2. The molecule has 4 aromatic rings. The first kappa shape index (κ1) is 15.4. The number of hydrogen-bond acceptors (Lipinski definition) is 4. The van der Waals surface area contributed by atoms with Crippen LogP contribution in [0.3, 0.4) is 0 Å². The molecule has 0 aliphatic heterocycles. The Bertz CT molecular complexity index is 1080. The van der Waals surface area contributed by atoms with Crippen molar-refractivity contribution in [2.75, 3.05) is 5.32 Å². The van der Waals surface area contributed by atoms with Gasteiger partial charge in [-0.2, -0.15) is 10.1 Å². The molecule has 0 bridgehead atoms. The molecular formula is C18H20N6O. The van der Waals surface area contributed by atoms with Crippen LogP contribution in [0.5, 0.6) is 0 Å². The minimum absolute atomic E-state index is 0.195. The second-order valence-corrected chi connectivity index (χ2v) is 7.11. The zero-order chi connectivity index (χ0) is 17.6. The van der Waals surface area contributed by atoms with Crippen molar-refractivity contribution >= 4 is 27.9 Å². The van der Waals surface area contributed by atoms with E-state index in [2.05, 4.69) is 37.5 Å². The Balaban J connectivity index is 1.66. The first-order valence-electron chi connectivity index (χ1n) is 8.21. The Kier molecular flexibility index (Phi) is 3.38. The molecule has 0 spiro atoms.